The SMILES string of the molecule is CC(CC(=O)NCC(O)CN1CCOCC1)C(C)(C)C. The molecule has 1 rings (SSSR count). The second-order valence-corrected chi connectivity index (χ2v) is 6.84. The van der Waals surface area contributed by atoms with Gasteiger partial charge in [0.15, 0.2) is 0 Å². The Labute approximate surface area is 122 Å². The van der Waals surface area contributed by atoms with E-state index < -0.39 is 6.10 Å². The minimum atomic E-state index is -0.512. The number of hydrogen-bond acceptors (Lipinski definition) is 4. The molecule has 2 N–H and O–H groups in total. The van der Waals surface area contributed by atoms with E-state index in [1.807, 2.05) is 0 Å². The van der Waals surface area contributed by atoms with E-state index in [-0.39, 0.29) is 11.3 Å². The molecule has 0 aromatic rings. The lowest BCUT2D eigenvalue weighted by Crippen LogP contribution is -2.44. The molecule has 0 aliphatic carbocycles. The van der Waals surface area contributed by atoms with Gasteiger partial charge in [-0.25, -0.2) is 0 Å². The van der Waals surface area contributed by atoms with Crippen molar-refractivity contribution in [2.75, 3.05) is 39.4 Å². The van der Waals surface area contributed by atoms with Gasteiger partial charge in [-0.15, -0.1) is 0 Å². The molecule has 0 aromatic carbocycles. The molecule has 1 amide bonds. The molecule has 2 atom stereocenters. The van der Waals surface area contributed by atoms with Crippen LogP contribution in [0.1, 0.15) is 34.1 Å². The number of morpholine rings is 1. The van der Waals surface area contributed by atoms with Crippen LogP contribution in [0.25, 0.3) is 0 Å². The lowest BCUT2D eigenvalue weighted by Gasteiger charge is -2.29. The first-order chi connectivity index (χ1) is 9.29. The second-order valence-electron chi connectivity index (χ2n) is 6.84. The maximum absolute atomic E-state index is 11.8. The van der Waals surface area contributed by atoms with Gasteiger partial charge in [0.2, 0.25) is 5.91 Å². The van der Waals surface area contributed by atoms with Crippen molar-refractivity contribution in [1.29, 1.82) is 0 Å². The summed E-state index contributed by atoms with van der Waals surface area (Å²) in [5.41, 5.74) is 0.129. The molecule has 0 bridgehead atoms. The number of nitrogens with one attached hydrogen (secondary N) is 1. The van der Waals surface area contributed by atoms with Crippen molar-refractivity contribution in [2.24, 2.45) is 11.3 Å². The number of rotatable bonds is 6. The lowest BCUT2D eigenvalue weighted by molar-refractivity contribution is -0.123. The summed E-state index contributed by atoms with van der Waals surface area (Å²) in [7, 11) is 0. The maximum atomic E-state index is 11.8. The molecular weight excluding hydrogens is 256 g/mol. The number of hydrogen-bond donors (Lipinski definition) is 2. The Kier molecular flexibility index (Phi) is 6.92. The summed E-state index contributed by atoms with van der Waals surface area (Å²) in [4.78, 5) is 14.0. The Balaban J connectivity index is 2.19. The van der Waals surface area contributed by atoms with Crippen molar-refractivity contribution in [3.8, 4) is 0 Å². The van der Waals surface area contributed by atoms with Crippen LogP contribution in [-0.2, 0) is 9.53 Å². The number of aliphatic hydroxyl groups excluding tert-OH is 1. The van der Waals surface area contributed by atoms with E-state index in [4.69, 9.17) is 4.74 Å². The average molecular weight is 286 g/mol. The van der Waals surface area contributed by atoms with Gasteiger partial charge in [-0.2, -0.15) is 0 Å². The van der Waals surface area contributed by atoms with Crippen LogP contribution in [0, 0.1) is 11.3 Å². The maximum Gasteiger partial charge on any atom is 0.220 e. The van der Waals surface area contributed by atoms with Crippen molar-refractivity contribution in [3.63, 3.8) is 0 Å². The third-order valence-electron chi connectivity index (χ3n) is 4.08. The highest BCUT2D eigenvalue weighted by Gasteiger charge is 2.23. The Bertz CT molecular complexity index is 296. The van der Waals surface area contributed by atoms with Gasteiger partial charge in [0.05, 0.1) is 19.3 Å². The summed E-state index contributed by atoms with van der Waals surface area (Å²) in [6, 6.07) is 0. The Morgan fingerprint density at radius 3 is 2.50 bits per heavy atom. The monoisotopic (exact) mass is 286 g/mol. The zero-order valence-corrected chi connectivity index (χ0v) is 13.3. The van der Waals surface area contributed by atoms with Crippen molar-refractivity contribution in [2.45, 2.75) is 40.2 Å². The van der Waals surface area contributed by atoms with Gasteiger partial charge in [-0.3, -0.25) is 9.69 Å². The van der Waals surface area contributed by atoms with Crippen LogP contribution in [0.15, 0.2) is 0 Å². The molecule has 1 heterocycles. The molecule has 5 heteroatoms. The minimum Gasteiger partial charge on any atom is -0.390 e. The van der Waals surface area contributed by atoms with E-state index in [1.165, 1.54) is 0 Å². The molecule has 2 unspecified atom stereocenters. The zero-order valence-electron chi connectivity index (χ0n) is 13.3. The van der Waals surface area contributed by atoms with Crippen LogP contribution in [0.5, 0.6) is 0 Å². The van der Waals surface area contributed by atoms with Crippen LogP contribution in [-0.4, -0.2) is 61.4 Å². The second kappa shape index (κ2) is 7.96. The van der Waals surface area contributed by atoms with Gasteiger partial charge in [-0.05, 0) is 11.3 Å². The molecule has 1 fully saturated rings. The highest BCUT2D eigenvalue weighted by molar-refractivity contribution is 5.76. The summed E-state index contributed by atoms with van der Waals surface area (Å²) in [6.45, 7) is 12.6. The van der Waals surface area contributed by atoms with Crippen molar-refractivity contribution < 1.29 is 14.6 Å². The Morgan fingerprint density at radius 2 is 1.95 bits per heavy atom. The summed E-state index contributed by atoms with van der Waals surface area (Å²) in [5.74, 6) is 0.340. The minimum absolute atomic E-state index is 0.0217. The number of carbonyl (C=O) groups excluding carboxylic acids is 1. The molecule has 1 aliphatic rings. The average Bonchev–Trinajstić information content (AvgIpc) is 2.36. The Morgan fingerprint density at radius 1 is 1.35 bits per heavy atom. The molecule has 118 valence electrons. The van der Waals surface area contributed by atoms with Gasteiger partial charge in [0.1, 0.15) is 0 Å². The van der Waals surface area contributed by atoms with Gasteiger partial charge < -0.3 is 15.2 Å². The predicted octanol–water partition coefficient (Wildman–Crippen LogP) is 0.868. The highest BCUT2D eigenvalue weighted by atomic mass is 16.5. The molecule has 0 saturated carbocycles. The number of β-amino-alcohol motifs (C(OH)–C–C–N with tert-alkyl or cyclic N) is 1. The number of ether oxygens (including phenoxy) is 1. The van der Waals surface area contributed by atoms with Crippen LogP contribution in [0.2, 0.25) is 0 Å². The molecule has 5 nitrogen and oxygen atoms in total. The van der Waals surface area contributed by atoms with Crippen molar-refractivity contribution >= 4 is 5.91 Å². The van der Waals surface area contributed by atoms with Gasteiger partial charge in [-0.1, -0.05) is 27.7 Å². The molecule has 0 spiro atoms. The van der Waals surface area contributed by atoms with E-state index in [2.05, 4.69) is 37.9 Å². The lowest BCUT2D eigenvalue weighted by atomic mass is 9.80. The third-order valence-corrected chi connectivity index (χ3v) is 4.08. The van der Waals surface area contributed by atoms with Crippen LogP contribution < -0.4 is 5.32 Å². The first-order valence-corrected chi connectivity index (χ1v) is 7.54. The molecule has 0 radical (unpaired) electrons. The number of nitrogens with zero attached hydrogens (tertiary/aromatic N) is 1. The van der Waals surface area contributed by atoms with Gasteiger partial charge in [0, 0.05) is 32.6 Å². The fourth-order valence-corrected chi connectivity index (χ4v) is 2.03. The summed E-state index contributed by atoms with van der Waals surface area (Å²) >= 11 is 0. The van der Waals surface area contributed by atoms with E-state index in [0.29, 0.717) is 25.4 Å². The fraction of sp³-hybridized carbons (Fsp3) is 0.933. The third kappa shape index (κ3) is 6.68. The summed E-state index contributed by atoms with van der Waals surface area (Å²) in [6.07, 6.45) is -0.00433. The van der Waals surface area contributed by atoms with Crippen LogP contribution in [0.3, 0.4) is 0 Å². The molecular formula is C15H30N2O3. The topological polar surface area (TPSA) is 61.8 Å². The van der Waals surface area contributed by atoms with E-state index in [1.54, 1.807) is 0 Å². The standard InChI is InChI=1S/C15H30N2O3/c1-12(15(2,3)4)9-14(19)16-10-13(18)11-17-5-7-20-8-6-17/h12-13,18H,5-11H2,1-4H3,(H,16,19). The molecule has 20 heavy (non-hydrogen) atoms. The number of aliphatic hydroxyl groups is 1. The van der Waals surface area contributed by atoms with Gasteiger partial charge in [0.25, 0.3) is 0 Å². The van der Waals surface area contributed by atoms with Gasteiger partial charge >= 0.3 is 0 Å². The van der Waals surface area contributed by atoms with Crippen LogP contribution in [0.4, 0.5) is 0 Å². The van der Waals surface area contributed by atoms with Crippen LogP contribution >= 0.6 is 0 Å². The summed E-state index contributed by atoms with van der Waals surface area (Å²) in [5, 5.41) is 12.8. The van der Waals surface area contributed by atoms with Crippen molar-refractivity contribution in [3.05, 3.63) is 0 Å². The molecule has 0 aromatic heterocycles. The normalized spacial score (nSPS) is 20.4. The fourth-order valence-electron chi connectivity index (χ4n) is 2.03. The molecule has 1 aliphatic heterocycles. The van der Waals surface area contributed by atoms with E-state index >= 15 is 0 Å². The summed E-state index contributed by atoms with van der Waals surface area (Å²) < 4.78 is 5.26. The van der Waals surface area contributed by atoms with Crippen molar-refractivity contribution in [1.82, 2.24) is 10.2 Å². The number of amides is 1. The predicted molar refractivity (Wildman–Crippen MR) is 79.5 cm³/mol. The number of carbonyl (C=O) groups is 1. The smallest absolute Gasteiger partial charge is 0.220 e. The molecule has 1 saturated heterocycles. The van der Waals surface area contributed by atoms with E-state index in [9.17, 15) is 9.90 Å². The highest BCUT2D eigenvalue weighted by Crippen LogP contribution is 2.27. The largest absolute Gasteiger partial charge is 0.390 e. The van der Waals surface area contributed by atoms with E-state index in [0.717, 1.165) is 26.3 Å². The quantitative estimate of drug-likeness (QED) is 0.760. The Hall–Kier alpha value is -0.650. The zero-order chi connectivity index (χ0) is 15.2. The first kappa shape index (κ1) is 17.4. The first-order valence-electron chi connectivity index (χ1n) is 7.54.